The zero-order chi connectivity index (χ0) is 24.8. The van der Waals surface area contributed by atoms with E-state index in [9.17, 15) is 14.4 Å². The van der Waals surface area contributed by atoms with Crippen molar-refractivity contribution < 1.29 is 23.9 Å². The summed E-state index contributed by atoms with van der Waals surface area (Å²) in [4.78, 5) is 42.2. The van der Waals surface area contributed by atoms with Gasteiger partial charge in [0.05, 0.1) is 5.69 Å². The van der Waals surface area contributed by atoms with E-state index in [-0.39, 0.29) is 30.8 Å². The molecular formula is C26H30ClN3O5. The first-order valence-corrected chi connectivity index (χ1v) is 12.3. The van der Waals surface area contributed by atoms with E-state index in [1.165, 1.54) is 24.2 Å². The van der Waals surface area contributed by atoms with Crippen LogP contribution in [0, 0.1) is 0 Å². The minimum absolute atomic E-state index is 0.163. The maximum absolute atomic E-state index is 12.9. The predicted molar refractivity (Wildman–Crippen MR) is 133 cm³/mol. The lowest BCUT2D eigenvalue weighted by Crippen LogP contribution is -2.52. The topological polar surface area (TPSA) is 88.2 Å². The zero-order valence-corrected chi connectivity index (χ0v) is 20.6. The number of halogens is 1. The van der Waals surface area contributed by atoms with Gasteiger partial charge in [0, 0.05) is 23.7 Å². The second kappa shape index (κ2) is 11.6. The normalized spacial score (nSPS) is 16.7. The quantitative estimate of drug-likeness (QED) is 0.532. The number of nitrogens with one attached hydrogen (secondary N) is 1. The number of fused-ring (bicyclic) bond motifs is 1. The standard InChI is InChI=1S/C26H30ClN3O5/c1-18(26(33)28-10-13-29-11-3-2-4-12-29)30-22-14-19(8-9-24(22)35-17-25(30)32)23(31)16-34-21-7-5-6-20(27)15-21/h5-9,14-15,18H,2-4,10-13,16-17H2,1H3,(H,28,33). The molecule has 8 nitrogen and oxygen atoms in total. The molecule has 0 bridgehead atoms. The van der Waals surface area contributed by atoms with Gasteiger partial charge in [0.25, 0.3) is 5.91 Å². The molecule has 2 heterocycles. The number of ether oxygens (including phenoxy) is 2. The van der Waals surface area contributed by atoms with E-state index in [4.69, 9.17) is 21.1 Å². The Morgan fingerprint density at radius 2 is 1.94 bits per heavy atom. The van der Waals surface area contributed by atoms with Crippen LogP contribution in [-0.4, -0.2) is 67.9 Å². The lowest BCUT2D eigenvalue weighted by molar-refractivity contribution is -0.127. The molecule has 0 aliphatic carbocycles. The molecule has 2 aromatic carbocycles. The van der Waals surface area contributed by atoms with Gasteiger partial charge in [-0.25, -0.2) is 0 Å². The predicted octanol–water partition coefficient (Wildman–Crippen LogP) is 3.32. The SMILES string of the molecule is CC(C(=O)NCCN1CCCCC1)N1C(=O)COc2ccc(C(=O)COc3cccc(Cl)c3)cc21. The van der Waals surface area contributed by atoms with E-state index in [1.807, 2.05) is 0 Å². The number of rotatable bonds is 9. The number of Topliss-reactive ketones (excluding diaryl/α,β-unsaturated/α-hetero) is 1. The Labute approximate surface area is 210 Å². The van der Waals surface area contributed by atoms with Gasteiger partial charge in [-0.2, -0.15) is 0 Å². The van der Waals surface area contributed by atoms with Crippen molar-refractivity contribution in [3.8, 4) is 11.5 Å². The van der Waals surface area contributed by atoms with Gasteiger partial charge in [0.2, 0.25) is 5.91 Å². The molecule has 35 heavy (non-hydrogen) atoms. The number of nitrogens with zero attached hydrogens (tertiary/aromatic N) is 2. The summed E-state index contributed by atoms with van der Waals surface area (Å²) < 4.78 is 11.1. The van der Waals surface area contributed by atoms with Gasteiger partial charge < -0.3 is 19.7 Å². The molecule has 0 aromatic heterocycles. The highest BCUT2D eigenvalue weighted by Crippen LogP contribution is 2.34. The molecule has 1 unspecified atom stereocenters. The Hall–Kier alpha value is -3.10. The number of carbonyl (C=O) groups excluding carboxylic acids is 3. The van der Waals surface area contributed by atoms with Crippen LogP contribution in [0.5, 0.6) is 11.5 Å². The molecule has 2 amide bonds. The number of hydrogen-bond donors (Lipinski definition) is 1. The molecule has 1 saturated heterocycles. The van der Waals surface area contributed by atoms with E-state index in [0.717, 1.165) is 19.6 Å². The monoisotopic (exact) mass is 499 g/mol. The number of amides is 2. The van der Waals surface area contributed by atoms with Crippen LogP contribution in [0.3, 0.4) is 0 Å². The maximum atomic E-state index is 12.9. The number of hydrogen-bond acceptors (Lipinski definition) is 6. The van der Waals surface area contributed by atoms with Crippen LogP contribution in [0.1, 0.15) is 36.5 Å². The lowest BCUT2D eigenvalue weighted by Gasteiger charge is -2.34. The van der Waals surface area contributed by atoms with Crippen molar-refractivity contribution in [3.63, 3.8) is 0 Å². The Morgan fingerprint density at radius 3 is 2.71 bits per heavy atom. The van der Waals surface area contributed by atoms with Gasteiger partial charge in [-0.3, -0.25) is 19.3 Å². The minimum atomic E-state index is -0.750. The van der Waals surface area contributed by atoms with Gasteiger partial charge in [0.15, 0.2) is 19.0 Å². The average Bonchev–Trinajstić information content (AvgIpc) is 2.87. The molecule has 0 saturated carbocycles. The Kier molecular flexibility index (Phi) is 8.25. The van der Waals surface area contributed by atoms with Crippen LogP contribution >= 0.6 is 11.6 Å². The lowest BCUT2D eigenvalue weighted by atomic mass is 10.1. The summed E-state index contributed by atoms with van der Waals surface area (Å²) in [5.41, 5.74) is 0.750. The number of ketones is 1. The molecule has 0 spiro atoms. The fourth-order valence-corrected chi connectivity index (χ4v) is 4.52. The van der Waals surface area contributed by atoms with Crippen LogP contribution in [0.4, 0.5) is 5.69 Å². The molecule has 2 aromatic rings. The maximum Gasteiger partial charge on any atom is 0.265 e. The van der Waals surface area contributed by atoms with Crippen molar-refractivity contribution >= 4 is 34.9 Å². The zero-order valence-electron chi connectivity index (χ0n) is 19.8. The molecule has 4 rings (SSSR count). The van der Waals surface area contributed by atoms with Crippen molar-refractivity contribution in [3.05, 3.63) is 53.1 Å². The Balaban J connectivity index is 1.41. The number of piperidine rings is 1. The highest BCUT2D eigenvalue weighted by molar-refractivity contribution is 6.30. The Morgan fingerprint density at radius 1 is 1.14 bits per heavy atom. The molecule has 2 aliphatic heterocycles. The largest absolute Gasteiger partial charge is 0.485 e. The molecule has 186 valence electrons. The highest BCUT2D eigenvalue weighted by Gasteiger charge is 2.33. The number of benzene rings is 2. The van der Waals surface area contributed by atoms with E-state index in [0.29, 0.717) is 34.3 Å². The summed E-state index contributed by atoms with van der Waals surface area (Å²) in [7, 11) is 0. The fourth-order valence-electron chi connectivity index (χ4n) is 4.34. The third-order valence-corrected chi connectivity index (χ3v) is 6.50. The van der Waals surface area contributed by atoms with Crippen LogP contribution in [0.15, 0.2) is 42.5 Å². The van der Waals surface area contributed by atoms with Crippen LogP contribution in [0.2, 0.25) is 5.02 Å². The van der Waals surface area contributed by atoms with Crippen LogP contribution in [0.25, 0.3) is 0 Å². The smallest absolute Gasteiger partial charge is 0.265 e. The van der Waals surface area contributed by atoms with E-state index < -0.39 is 6.04 Å². The molecule has 9 heteroatoms. The molecule has 1 N–H and O–H groups in total. The summed E-state index contributed by atoms with van der Waals surface area (Å²) in [6, 6.07) is 10.9. The Bertz CT molecular complexity index is 1090. The van der Waals surface area contributed by atoms with Gasteiger partial charge in [-0.1, -0.05) is 24.1 Å². The van der Waals surface area contributed by atoms with Crippen molar-refractivity contribution in [1.82, 2.24) is 10.2 Å². The van der Waals surface area contributed by atoms with Crippen LogP contribution in [-0.2, 0) is 9.59 Å². The molecule has 2 aliphatic rings. The molecule has 0 radical (unpaired) electrons. The van der Waals surface area contributed by atoms with Gasteiger partial charge >= 0.3 is 0 Å². The van der Waals surface area contributed by atoms with E-state index in [2.05, 4.69) is 10.2 Å². The minimum Gasteiger partial charge on any atom is -0.485 e. The van der Waals surface area contributed by atoms with E-state index in [1.54, 1.807) is 49.4 Å². The molecule has 1 atom stereocenters. The summed E-state index contributed by atoms with van der Waals surface area (Å²) >= 11 is 5.96. The summed E-state index contributed by atoms with van der Waals surface area (Å²) in [5, 5.41) is 3.46. The van der Waals surface area contributed by atoms with Crippen molar-refractivity contribution in [2.75, 3.05) is 44.3 Å². The van der Waals surface area contributed by atoms with E-state index >= 15 is 0 Å². The van der Waals surface area contributed by atoms with Gasteiger partial charge in [-0.05, 0) is 69.3 Å². The first-order valence-electron chi connectivity index (χ1n) is 11.9. The van der Waals surface area contributed by atoms with Crippen molar-refractivity contribution in [2.24, 2.45) is 0 Å². The first kappa shape index (κ1) is 25.0. The number of likely N-dealkylation sites (tertiary alicyclic amines) is 1. The summed E-state index contributed by atoms with van der Waals surface area (Å²) in [6.07, 6.45) is 3.64. The molecular weight excluding hydrogens is 470 g/mol. The van der Waals surface area contributed by atoms with Crippen molar-refractivity contribution in [1.29, 1.82) is 0 Å². The average molecular weight is 500 g/mol. The van der Waals surface area contributed by atoms with Crippen molar-refractivity contribution in [2.45, 2.75) is 32.2 Å². The third-order valence-electron chi connectivity index (χ3n) is 6.27. The first-order chi connectivity index (χ1) is 16.9. The number of anilines is 1. The summed E-state index contributed by atoms with van der Waals surface area (Å²) in [5.74, 6) is 0.0771. The van der Waals surface area contributed by atoms with Crippen LogP contribution < -0.4 is 19.7 Å². The second-order valence-corrected chi connectivity index (χ2v) is 9.21. The molecule has 1 fully saturated rings. The number of carbonyl (C=O) groups is 3. The second-order valence-electron chi connectivity index (χ2n) is 8.77. The fraction of sp³-hybridized carbons (Fsp3) is 0.423. The van der Waals surface area contributed by atoms with Gasteiger partial charge in [-0.15, -0.1) is 0 Å². The third kappa shape index (κ3) is 6.32. The van der Waals surface area contributed by atoms with Gasteiger partial charge in [0.1, 0.15) is 17.5 Å². The highest BCUT2D eigenvalue weighted by atomic mass is 35.5. The summed E-state index contributed by atoms with van der Waals surface area (Å²) in [6.45, 7) is 4.74.